The minimum atomic E-state index is -0.608. The van der Waals surface area contributed by atoms with Crippen LogP contribution in [-0.4, -0.2) is 52.8 Å². The minimum absolute atomic E-state index is 0.0845. The normalized spacial score (nSPS) is 23.6. The fraction of sp³-hybridized carbons (Fsp3) is 0.500. The summed E-state index contributed by atoms with van der Waals surface area (Å²) in [5.74, 6) is -1.10. The van der Waals surface area contributed by atoms with E-state index >= 15 is 0 Å². The number of hydrogen-bond acceptors (Lipinski definition) is 4. The molecule has 1 N–H and O–H groups in total. The molecule has 5 nitrogen and oxygen atoms in total. The molecule has 0 spiro atoms. The van der Waals surface area contributed by atoms with Crippen LogP contribution in [0.3, 0.4) is 0 Å². The molecule has 27 heavy (non-hydrogen) atoms. The number of rotatable bonds is 6. The number of ketones is 1. The Morgan fingerprint density at radius 2 is 1.81 bits per heavy atom. The molecule has 1 saturated heterocycles. The van der Waals surface area contributed by atoms with Crippen molar-refractivity contribution in [2.24, 2.45) is 5.92 Å². The standard InChI is InChI=1S/C20H22Cl2N2O3/c21-14-6-5-13(11-15(14)22)17-16(18(25)12-3-4-12)19(26)20(27)24(17)10-9-23-7-1-2-8-23/h5-6,11-12,17,26H,1-4,7-10H2. The Kier molecular flexibility index (Phi) is 5.19. The summed E-state index contributed by atoms with van der Waals surface area (Å²) in [6.07, 6.45) is 3.95. The number of aliphatic hydroxyl groups excluding tert-OH is 1. The van der Waals surface area contributed by atoms with Gasteiger partial charge in [-0.2, -0.15) is 0 Å². The first-order valence-electron chi connectivity index (χ1n) is 9.43. The van der Waals surface area contributed by atoms with Gasteiger partial charge in [0.05, 0.1) is 21.7 Å². The molecular weight excluding hydrogens is 387 g/mol. The molecule has 144 valence electrons. The zero-order valence-electron chi connectivity index (χ0n) is 15.0. The van der Waals surface area contributed by atoms with Crippen LogP contribution in [0.15, 0.2) is 29.5 Å². The van der Waals surface area contributed by atoms with Crippen molar-refractivity contribution in [1.29, 1.82) is 0 Å². The van der Waals surface area contributed by atoms with Crippen LogP contribution in [0.4, 0.5) is 0 Å². The number of aliphatic hydroxyl groups is 1. The molecule has 1 atom stereocenters. The molecule has 2 fully saturated rings. The zero-order valence-corrected chi connectivity index (χ0v) is 16.5. The average molecular weight is 409 g/mol. The van der Waals surface area contributed by atoms with E-state index < -0.39 is 17.7 Å². The Morgan fingerprint density at radius 3 is 2.44 bits per heavy atom. The third-order valence-electron chi connectivity index (χ3n) is 5.63. The Morgan fingerprint density at radius 1 is 1.11 bits per heavy atom. The van der Waals surface area contributed by atoms with Gasteiger partial charge in [-0.3, -0.25) is 9.59 Å². The third-order valence-corrected chi connectivity index (χ3v) is 6.37. The summed E-state index contributed by atoms with van der Waals surface area (Å²) < 4.78 is 0. The summed E-state index contributed by atoms with van der Waals surface area (Å²) in [4.78, 5) is 29.5. The van der Waals surface area contributed by atoms with Gasteiger partial charge in [-0.1, -0.05) is 29.3 Å². The number of halogens is 2. The molecular formula is C20H22Cl2N2O3. The molecule has 0 aromatic heterocycles. The van der Waals surface area contributed by atoms with E-state index in [1.807, 2.05) is 0 Å². The number of hydrogen-bond donors (Lipinski definition) is 1. The third kappa shape index (κ3) is 3.60. The van der Waals surface area contributed by atoms with Crippen LogP contribution in [0.1, 0.15) is 37.3 Å². The van der Waals surface area contributed by atoms with Crippen molar-refractivity contribution in [3.05, 3.63) is 45.1 Å². The fourth-order valence-corrected chi connectivity index (χ4v) is 4.29. The lowest BCUT2D eigenvalue weighted by Gasteiger charge is -2.29. The van der Waals surface area contributed by atoms with Crippen LogP contribution in [0.5, 0.6) is 0 Å². The predicted octanol–water partition coefficient (Wildman–Crippen LogP) is 3.76. The van der Waals surface area contributed by atoms with Crippen LogP contribution in [0, 0.1) is 5.92 Å². The molecule has 1 saturated carbocycles. The van der Waals surface area contributed by atoms with Crippen LogP contribution in [0.2, 0.25) is 10.0 Å². The molecule has 4 rings (SSSR count). The SMILES string of the molecule is O=C(C1=C(O)C(=O)N(CCN2CCCC2)C1c1ccc(Cl)c(Cl)c1)C1CC1. The van der Waals surface area contributed by atoms with E-state index in [2.05, 4.69) is 4.90 Å². The Labute approximate surface area is 168 Å². The van der Waals surface area contributed by atoms with Crippen LogP contribution in [-0.2, 0) is 9.59 Å². The van der Waals surface area contributed by atoms with E-state index in [4.69, 9.17) is 23.2 Å². The van der Waals surface area contributed by atoms with Crippen molar-refractivity contribution in [2.75, 3.05) is 26.2 Å². The van der Waals surface area contributed by atoms with Crippen molar-refractivity contribution >= 4 is 34.9 Å². The van der Waals surface area contributed by atoms with Crippen molar-refractivity contribution in [2.45, 2.75) is 31.7 Å². The zero-order chi connectivity index (χ0) is 19.1. The van der Waals surface area contributed by atoms with Gasteiger partial charge in [-0.15, -0.1) is 0 Å². The number of nitrogens with zero attached hydrogens (tertiary/aromatic N) is 2. The Bertz CT molecular complexity index is 813. The van der Waals surface area contributed by atoms with E-state index in [-0.39, 0.29) is 17.3 Å². The largest absolute Gasteiger partial charge is 0.503 e. The highest BCUT2D eigenvalue weighted by atomic mass is 35.5. The second-order valence-corrected chi connectivity index (χ2v) is 8.34. The maximum absolute atomic E-state index is 12.8. The number of carbonyl (C=O) groups excluding carboxylic acids is 2. The summed E-state index contributed by atoms with van der Waals surface area (Å²) in [6, 6.07) is 4.51. The molecule has 2 heterocycles. The smallest absolute Gasteiger partial charge is 0.290 e. The van der Waals surface area contributed by atoms with Crippen molar-refractivity contribution in [3.63, 3.8) is 0 Å². The first kappa shape index (κ1) is 18.8. The molecule has 0 radical (unpaired) electrons. The molecule has 1 unspecified atom stereocenters. The van der Waals surface area contributed by atoms with Gasteiger partial charge in [0.2, 0.25) is 0 Å². The fourth-order valence-electron chi connectivity index (χ4n) is 3.99. The average Bonchev–Trinajstić information content (AvgIpc) is 3.32. The maximum Gasteiger partial charge on any atom is 0.290 e. The van der Waals surface area contributed by atoms with Gasteiger partial charge in [0.25, 0.3) is 5.91 Å². The minimum Gasteiger partial charge on any atom is -0.503 e. The van der Waals surface area contributed by atoms with E-state index in [0.29, 0.717) is 22.2 Å². The summed E-state index contributed by atoms with van der Waals surface area (Å²) in [5, 5.41) is 11.3. The molecule has 0 bridgehead atoms. The van der Waals surface area contributed by atoms with E-state index in [1.165, 1.54) is 12.8 Å². The van der Waals surface area contributed by atoms with Gasteiger partial charge < -0.3 is 14.9 Å². The number of likely N-dealkylation sites (tertiary alicyclic amines) is 1. The molecule has 7 heteroatoms. The summed E-state index contributed by atoms with van der Waals surface area (Å²) >= 11 is 12.2. The van der Waals surface area contributed by atoms with Crippen LogP contribution in [0.25, 0.3) is 0 Å². The quantitative estimate of drug-likeness (QED) is 0.777. The topological polar surface area (TPSA) is 60.9 Å². The first-order chi connectivity index (χ1) is 13.0. The Hall–Kier alpha value is -1.56. The summed E-state index contributed by atoms with van der Waals surface area (Å²) in [7, 11) is 0. The molecule has 1 aromatic carbocycles. The lowest BCUT2D eigenvalue weighted by molar-refractivity contribution is -0.129. The summed E-state index contributed by atoms with van der Waals surface area (Å²) in [5.41, 5.74) is 0.912. The second kappa shape index (κ2) is 7.46. The van der Waals surface area contributed by atoms with Crippen LogP contribution < -0.4 is 0 Å². The second-order valence-electron chi connectivity index (χ2n) is 7.52. The number of amides is 1. The molecule has 1 aliphatic carbocycles. The van der Waals surface area contributed by atoms with Gasteiger partial charge in [0, 0.05) is 19.0 Å². The van der Waals surface area contributed by atoms with Gasteiger partial charge in [0.15, 0.2) is 11.5 Å². The number of carbonyl (C=O) groups is 2. The Balaban J connectivity index is 1.67. The van der Waals surface area contributed by atoms with E-state index in [1.54, 1.807) is 23.1 Å². The maximum atomic E-state index is 12.8. The molecule has 2 aliphatic heterocycles. The van der Waals surface area contributed by atoms with Crippen molar-refractivity contribution in [1.82, 2.24) is 9.80 Å². The van der Waals surface area contributed by atoms with Gasteiger partial charge in [-0.25, -0.2) is 0 Å². The molecule has 1 amide bonds. The monoisotopic (exact) mass is 408 g/mol. The van der Waals surface area contributed by atoms with Crippen molar-refractivity contribution < 1.29 is 14.7 Å². The highest BCUT2D eigenvalue weighted by Gasteiger charge is 2.47. The van der Waals surface area contributed by atoms with E-state index in [9.17, 15) is 14.7 Å². The van der Waals surface area contributed by atoms with E-state index in [0.717, 1.165) is 32.5 Å². The van der Waals surface area contributed by atoms with Crippen LogP contribution >= 0.6 is 23.2 Å². The van der Waals surface area contributed by atoms with Gasteiger partial charge in [0.1, 0.15) is 0 Å². The summed E-state index contributed by atoms with van der Waals surface area (Å²) in [6.45, 7) is 3.22. The molecule has 1 aromatic rings. The molecule has 3 aliphatic rings. The number of Topliss-reactive ketones (excluding diaryl/α,β-unsaturated/α-hetero) is 1. The highest BCUT2D eigenvalue weighted by molar-refractivity contribution is 6.42. The highest BCUT2D eigenvalue weighted by Crippen LogP contribution is 2.44. The predicted molar refractivity (Wildman–Crippen MR) is 104 cm³/mol. The van der Waals surface area contributed by atoms with Gasteiger partial charge in [-0.05, 0) is 56.5 Å². The number of benzene rings is 1. The van der Waals surface area contributed by atoms with Crippen molar-refractivity contribution in [3.8, 4) is 0 Å². The first-order valence-corrected chi connectivity index (χ1v) is 10.2. The lowest BCUT2D eigenvalue weighted by Crippen LogP contribution is -2.38. The lowest BCUT2D eigenvalue weighted by atomic mass is 9.94. The van der Waals surface area contributed by atoms with Gasteiger partial charge >= 0.3 is 0 Å².